The van der Waals surface area contributed by atoms with Gasteiger partial charge in [0.1, 0.15) is 5.69 Å². The van der Waals surface area contributed by atoms with Crippen molar-refractivity contribution in [3.8, 4) is 0 Å². The second-order valence-electron chi connectivity index (χ2n) is 5.31. The first-order chi connectivity index (χ1) is 8.52. The van der Waals surface area contributed by atoms with E-state index in [9.17, 15) is 4.79 Å². The molecule has 108 valence electrons. The maximum absolute atomic E-state index is 12.5. The molecule has 2 unspecified atom stereocenters. The van der Waals surface area contributed by atoms with E-state index in [0.29, 0.717) is 18.2 Å². The number of carbonyl (C=O) groups excluding carboxylic acids is 1. The van der Waals surface area contributed by atoms with E-state index >= 15 is 0 Å². The second kappa shape index (κ2) is 6.39. The van der Waals surface area contributed by atoms with Gasteiger partial charge >= 0.3 is 0 Å². The summed E-state index contributed by atoms with van der Waals surface area (Å²) in [5, 5.41) is 4.23. The van der Waals surface area contributed by atoms with Gasteiger partial charge in [0, 0.05) is 26.2 Å². The lowest BCUT2D eigenvalue weighted by atomic mass is 9.92. The van der Waals surface area contributed by atoms with Crippen molar-refractivity contribution in [1.29, 1.82) is 0 Å². The van der Waals surface area contributed by atoms with Crippen LogP contribution in [0.4, 0.5) is 0 Å². The molecule has 2 rings (SSSR count). The van der Waals surface area contributed by atoms with Gasteiger partial charge in [-0.2, -0.15) is 5.10 Å². The minimum atomic E-state index is 0. The Kier molecular flexibility index (Phi) is 5.38. The maximum Gasteiger partial charge on any atom is 0.272 e. The van der Waals surface area contributed by atoms with E-state index in [1.807, 2.05) is 24.9 Å². The molecule has 2 heterocycles. The summed E-state index contributed by atoms with van der Waals surface area (Å²) in [6, 6.07) is 2.00. The van der Waals surface area contributed by atoms with Crippen LogP contribution in [0.2, 0.25) is 0 Å². The first kappa shape index (κ1) is 16.0. The lowest BCUT2D eigenvalue weighted by molar-refractivity contribution is 0.0562. The Morgan fingerprint density at radius 1 is 1.58 bits per heavy atom. The van der Waals surface area contributed by atoms with E-state index in [1.165, 1.54) is 0 Å². The minimum absolute atomic E-state index is 0. The van der Waals surface area contributed by atoms with Crippen LogP contribution in [-0.4, -0.2) is 39.7 Å². The third-order valence-corrected chi connectivity index (χ3v) is 3.73. The van der Waals surface area contributed by atoms with E-state index in [1.54, 1.807) is 4.68 Å². The number of aromatic nitrogens is 2. The fourth-order valence-electron chi connectivity index (χ4n) is 2.70. The normalized spacial score (nSPS) is 23.1. The molecule has 1 saturated heterocycles. The number of hydrogen-bond acceptors (Lipinski definition) is 3. The zero-order chi connectivity index (χ0) is 13.3. The molecule has 1 aliphatic heterocycles. The Morgan fingerprint density at radius 3 is 2.79 bits per heavy atom. The molecule has 2 N–H and O–H groups in total. The van der Waals surface area contributed by atoms with E-state index in [2.05, 4.69) is 12.0 Å². The van der Waals surface area contributed by atoms with Crippen molar-refractivity contribution in [2.24, 2.45) is 18.7 Å². The molecule has 0 radical (unpaired) electrons. The van der Waals surface area contributed by atoms with Gasteiger partial charge in [-0.05, 0) is 31.7 Å². The molecule has 0 spiro atoms. The van der Waals surface area contributed by atoms with Crippen molar-refractivity contribution in [2.75, 3.05) is 13.1 Å². The summed E-state index contributed by atoms with van der Waals surface area (Å²) in [5.74, 6) is 0.705. The van der Waals surface area contributed by atoms with Crippen LogP contribution in [0.25, 0.3) is 0 Å². The van der Waals surface area contributed by atoms with Crippen LogP contribution < -0.4 is 5.73 Å². The van der Waals surface area contributed by atoms with Crippen LogP contribution in [0.3, 0.4) is 0 Å². The third kappa shape index (κ3) is 3.28. The average Bonchev–Trinajstić information content (AvgIpc) is 2.67. The predicted molar refractivity (Wildman–Crippen MR) is 77.5 cm³/mol. The highest BCUT2D eigenvalue weighted by Crippen LogP contribution is 2.23. The fourth-order valence-corrected chi connectivity index (χ4v) is 2.70. The number of nitrogens with zero attached hydrogens (tertiary/aromatic N) is 3. The highest BCUT2D eigenvalue weighted by Gasteiger charge is 2.30. The van der Waals surface area contributed by atoms with Gasteiger partial charge in [-0.3, -0.25) is 9.48 Å². The molecule has 1 fully saturated rings. The number of hydrogen-bond donors (Lipinski definition) is 1. The Labute approximate surface area is 120 Å². The zero-order valence-corrected chi connectivity index (χ0v) is 12.6. The van der Waals surface area contributed by atoms with Gasteiger partial charge in [0.2, 0.25) is 0 Å². The lowest BCUT2D eigenvalue weighted by Crippen LogP contribution is -2.49. The van der Waals surface area contributed by atoms with Crippen molar-refractivity contribution in [3.05, 3.63) is 17.5 Å². The zero-order valence-electron chi connectivity index (χ0n) is 11.8. The molecular formula is C13H23ClN4O. The number of rotatable bonds is 2. The lowest BCUT2D eigenvalue weighted by Gasteiger charge is -2.37. The fraction of sp³-hybridized carbons (Fsp3) is 0.692. The van der Waals surface area contributed by atoms with Gasteiger partial charge < -0.3 is 10.6 Å². The summed E-state index contributed by atoms with van der Waals surface area (Å²) < 4.78 is 1.66. The van der Waals surface area contributed by atoms with Crippen molar-refractivity contribution in [1.82, 2.24) is 14.7 Å². The van der Waals surface area contributed by atoms with Gasteiger partial charge in [-0.1, -0.05) is 6.92 Å². The third-order valence-electron chi connectivity index (χ3n) is 3.73. The molecule has 5 nitrogen and oxygen atoms in total. The van der Waals surface area contributed by atoms with Crippen LogP contribution in [0, 0.1) is 12.8 Å². The summed E-state index contributed by atoms with van der Waals surface area (Å²) in [7, 11) is 1.81. The number of amides is 1. The van der Waals surface area contributed by atoms with Gasteiger partial charge in [-0.25, -0.2) is 0 Å². The Hall–Kier alpha value is -1.07. The number of aryl methyl sites for hydroxylation is 2. The van der Waals surface area contributed by atoms with Crippen LogP contribution in [0.1, 0.15) is 35.9 Å². The first-order valence-electron chi connectivity index (χ1n) is 6.54. The summed E-state index contributed by atoms with van der Waals surface area (Å²) >= 11 is 0. The number of carbonyl (C=O) groups is 1. The number of halogens is 1. The molecule has 0 aliphatic carbocycles. The monoisotopic (exact) mass is 286 g/mol. The van der Waals surface area contributed by atoms with Gasteiger partial charge in [0.15, 0.2) is 0 Å². The molecule has 0 aromatic carbocycles. The number of nitrogens with two attached hydrogens (primary N) is 1. The van der Waals surface area contributed by atoms with Crippen molar-refractivity contribution < 1.29 is 4.79 Å². The highest BCUT2D eigenvalue weighted by molar-refractivity contribution is 5.93. The van der Waals surface area contributed by atoms with Crippen LogP contribution in [0.5, 0.6) is 0 Å². The summed E-state index contributed by atoms with van der Waals surface area (Å²) in [4.78, 5) is 14.4. The second-order valence-corrected chi connectivity index (χ2v) is 5.31. The maximum atomic E-state index is 12.5. The Balaban J connectivity index is 0.00000180. The quantitative estimate of drug-likeness (QED) is 0.892. The largest absolute Gasteiger partial charge is 0.333 e. The number of likely N-dealkylation sites (tertiary alicyclic amines) is 1. The smallest absolute Gasteiger partial charge is 0.272 e. The Morgan fingerprint density at radius 2 is 2.26 bits per heavy atom. The summed E-state index contributed by atoms with van der Waals surface area (Å²) in [6.45, 7) is 5.45. The van der Waals surface area contributed by atoms with Gasteiger partial charge in [0.05, 0.1) is 5.69 Å². The predicted octanol–water partition coefficient (Wildman–Crippen LogP) is 1.35. The van der Waals surface area contributed by atoms with Gasteiger partial charge in [-0.15, -0.1) is 12.4 Å². The minimum Gasteiger partial charge on any atom is -0.333 e. The SMILES string of the molecule is Cc1cc(C(=O)N2CCC(C)CC2CN)n(C)n1.Cl. The molecule has 0 bridgehead atoms. The van der Waals surface area contributed by atoms with E-state index in [-0.39, 0.29) is 24.4 Å². The topological polar surface area (TPSA) is 64.2 Å². The molecule has 2 atom stereocenters. The molecule has 19 heavy (non-hydrogen) atoms. The molecule has 1 amide bonds. The first-order valence-corrected chi connectivity index (χ1v) is 6.54. The van der Waals surface area contributed by atoms with Crippen LogP contribution in [-0.2, 0) is 7.05 Å². The van der Waals surface area contributed by atoms with Crippen LogP contribution in [0.15, 0.2) is 6.07 Å². The summed E-state index contributed by atoms with van der Waals surface area (Å²) in [6.07, 6.45) is 2.05. The van der Waals surface area contributed by atoms with Crippen molar-refractivity contribution in [2.45, 2.75) is 32.7 Å². The highest BCUT2D eigenvalue weighted by atomic mass is 35.5. The van der Waals surface area contributed by atoms with Gasteiger partial charge in [0.25, 0.3) is 5.91 Å². The molecule has 1 aliphatic rings. The Bertz CT molecular complexity index is 446. The van der Waals surface area contributed by atoms with Crippen LogP contribution >= 0.6 is 12.4 Å². The standard InChI is InChI=1S/C13H22N4O.ClH/c1-9-4-5-17(11(6-9)8-14)13(18)12-7-10(2)15-16(12)3;/h7,9,11H,4-6,8,14H2,1-3H3;1H. The molecular weight excluding hydrogens is 264 g/mol. The van der Waals surface area contributed by atoms with E-state index < -0.39 is 0 Å². The molecule has 0 saturated carbocycles. The van der Waals surface area contributed by atoms with E-state index in [0.717, 1.165) is 25.1 Å². The molecule has 1 aromatic rings. The average molecular weight is 287 g/mol. The molecule has 1 aromatic heterocycles. The molecule has 6 heteroatoms. The van der Waals surface area contributed by atoms with Crippen molar-refractivity contribution in [3.63, 3.8) is 0 Å². The number of piperidine rings is 1. The van der Waals surface area contributed by atoms with Crippen molar-refractivity contribution >= 4 is 18.3 Å². The van der Waals surface area contributed by atoms with E-state index in [4.69, 9.17) is 5.73 Å². The summed E-state index contributed by atoms with van der Waals surface area (Å²) in [5.41, 5.74) is 7.32.